The summed E-state index contributed by atoms with van der Waals surface area (Å²) in [7, 11) is 1.27. The molecule has 0 saturated carbocycles. The van der Waals surface area contributed by atoms with E-state index in [-0.39, 0.29) is 17.1 Å². The largest absolute Gasteiger partial charge is 0.465 e. The van der Waals surface area contributed by atoms with Crippen molar-refractivity contribution in [3.8, 4) is 0 Å². The fourth-order valence-corrected chi connectivity index (χ4v) is 2.64. The molecule has 0 aliphatic carbocycles. The number of nitrogens with one attached hydrogen (secondary N) is 2. The number of aromatic nitrogens is 2. The number of amides is 1. The molecule has 2 aromatic carbocycles. The van der Waals surface area contributed by atoms with E-state index >= 15 is 0 Å². The highest BCUT2D eigenvalue weighted by atomic mass is 19.1. The summed E-state index contributed by atoms with van der Waals surface area (Å²) in [5.74, 6) is -0.496. The zero-order chi connectivity index (χ0) is 20.8. The number of para-hydroxylation sites is 1. The zero-order valence-electron chi connectivity index (χ0n) is 15.9. The summed E-state index contributed by atoms with van der Waals surface area (Å²) in [4.78, 5) is 33.0. The molecular weight excluding hydrogens is 375 g/mol. The van der Waals surface area contributed by atoms with Gasteiger partial charge in [-0.2, -0.15) is 0 Å². The van der Waals surface area contributed by atoms with E-state index in [1.165, 1.54) is 25.3 Å². The Morgan fingerprint density at radius 2 is 1.79 bits per heavy atom. The van der Waals surface area contributed by atoms with Crippen molar-refractivity contribution >= 4 is 23.4 Å². The van der Waals surface area contributed by atoms with Crippen molar-refractivity contribution in [2.24, 2.45) is 0 Å². The van der Waals surface area contributed by atoms with E-state index in [2.05, 4.69) is 20.6 Å². The van der Waals surface area contributed by atoms with Crippen LogP contribution in [-0.2, 0) is 11.3 Å². The minimum Gasteiger partial charge on any atom is -0.465 e. The Kier molecular flexibility index (Phi) is 6.13. The molecule has 0 aliphatic rings. The highest BCUT2D eigenvalue weighted by Crippen LogP contribution is 2.18. The number of benzene rings is 2. The van der Waals surface area contributed by atoms with Crippen molar-refractivity contribution in [3.05, 3.63) is 83.1 Å². The Bertz CT molecular complexity index is 1040. The van der Waals surface area contributed by atoms with Crippen LogP contribution < -0.4 is 10.6 Å². The van der Waals surface area contributed by atoms with Crippen molar-refractivity contribution < 1.29 is 18.7 Å². The summed E-state index contributed by atoms with van der Waals surface area (Å²) in [6.07, 6.45) is 0. The molecule has 0 bridgehead atoms. The van der Waals surface area contributed by atoms with Crippen LogP contribution in [0, 0.1) is 12.7 Å². The molecule has 1 amide bonds. The van der Waals surface area contributed by atoms with E-state index in [0.717, 1.165) is 5.56 Å². The summed E-state index contributed by atoms with van der Waals surface area (Å²) < 4.78 is 17.7. The lowest BCUT2D eigenvalue weighted by molar-refractivity contribution is 0.0602. The van der Waals surface area contributed by atoms with Crippen LogP contribution in [0.25, 0.3) is 0 Å². The molecule has 0 unspecified atom stereocenters. The lowest BCUT2D eigenvalue weighted by Crippen LogP contribution is -2.18. The van der Waals surface area contributed by atoms with Gasteiger partial charge in [0.25, 0.3) is 5.91 Å². The first kappa shape index (κ1) is 19.9. The summed E-state index contributed by atoms with van der Waals surface area (Å²) >= 11 is 0. The van der Waals surface area contributed by atoms with Gasteiger partial charge in [-0.05, 0) is 36.8 Å². The number of nitrogens with zero attached hydrogens (tertiary/aromatic N) is 2. The van der Waals surface area contributed by atoms with Crippen molar-refractivity contribution in [2.45, 2.75) is 13.5 Å². The van der Waals surface area contributed by atoms with Crippen LogP contribution in [0.5, 0.6) is 0 Å². The normalized spacial score (nSPS) is 10.3. The Labute approximate surface area is 167 Å². The maximum absolute atomic E-state index is 13.0. The summed E-state index contributed by atoms with van der Waals surface area (Å²) in [5, 5.41) is 5.77. The molecule has 0 saturated heterocycles. The predicted octanol–water partition coefficient (Wildman–Crippen LogP) is 3.58. The van der Waals surface area contributed by atoms with Crippen LogP contribution in [0.2, 0.25) is 0 Å². The summed E-state index contributed by atoms with van der Waals surface area (Å²) in [6, 6.07) is 14.1. The van der Waals surface area contributed by atoms with Gasteiger partial charge in [-0.3, -0.25) is 4.79 Å². The average molecular weight is 394 g/mol. The van der Waals surface area contributed by atoms with Crippen LogP contribution in [0.15, 0.2) is 54.6 Å². The number of esters is 1. The standard InChI is InChI=1S/C21H19FN4O3/c1-13-24-18(11-19(25-13)23-12-14-7-9-15(22)10-8-14)20(27)26-17-6-4-3-5-16(17)21(28)29-2/h3-11H,12H2,1-2H3,(H,26,27)(H,23,24,25). The van der Waals surface area contributed by atoms with Gasteiger partial charge in [-0.15, -0.1) is 0 Å². The Morgan fingerprint density at radius 1 is 1.07 bits per heavy atom. The number of anilines is 2. The van der Waals surface area contributed by atoms with Gasteiger partial charge in [0.15, 0.2) is 0 Å². The second-order valence-corrected chi connectivity index (χ2v) is 6.16. The molecular formula is C21H19FN4O3. The van der Waals surface area contributed by atoms with Crippen LogP contribution in [0.3, 0.4) is 0 Å². The number of carbonyl (C=O) groups excluding carboxylic acids is 2. The number of hydrogen-bond donors (Lipinski definition) is 2. The first-order valence-corrected chi connectivity index (χ1v) is 8.79. The summed E-state index contributed by atoms with van der Waals surface area (Å²) in [6.45, 7) is 2.07. The zero-order valence-corrected chi connectivity index (χ0v) is 15.9. The minimum absolute atomic E-state index is 0.138. The lowest BCUT2D eigenvalue weighted by Gasteiger charge is -2.11. The van der Waals surface area contributed by atoms with E-state index in [1.54, 1.807) is 43.3 Å². The minimum atomic E-state index is -0.554. The highest BCUT2D eigenvalue weighted by Gasteiger charge is 2.16. The molecule has 148 valence electrons. The maximum Gasteiger partial charge on any atom is 0.339 e. The molecule has 0 atom stereocenters. The first-order valence-electron chi connectivity index (χ1n) is 8.79. The molecule has 0 fully saturated rings. The van der Waals surface area contributed by atoms with Crippen molar-refractivity contribution in [1.29, 1.82) is 0 Å². The van der Waals surface area contributed by atoms with E-state index in [0.29, 0.717) is 23.9 Å². The molecule has 0 radical (unpaired) electrons. The Hall–Kier alpha value is -3.81. The van der Waals surface area contributed by atoms with Crippen molar-refractivity contribution in [1.82, 2.24) is 9.97 Å². The number of aryl methyl sites for hydroxylation is 1. The fraction of sp³-hybridized carbons (Fsp3) is 0.143. The Morgan fingerprint density at radius 3 is 2.52 bits per heavy atom. The van der Waals surface area contributed by atoms with Crippen molar-refractivity contribution in [2.75, 3.05) is 17.7 Å². The topological polar surface area (TPSA) is 93.2 Å². The van der Waals surface area contributed by atoms with Gasteiger partial charge >= 0.3 is 5.97 Å². The number of halogens is 1. The highest BCUT2D eigenvalue weighted by molar-refractivity contribution is 6.07. The fourth-order valence-electron chi connectivity index (χ4n) is 2.64. The third-order valence-electron chi connectivity index (χ3n) is 4.04. The van der Waals surface area contributed by atoms with Gasteiger partial charge in [-0.1, -0.05) is 24.3 Å². The number of hydrogen-bond acceptors (Lipinski definition) is 6. The second-order valence-electron chi connectivity index (χ2n) is 6.16. The van der Waals surface area contributed by atoms with Gasteiger partial charge < -0.3 is 15.4 Å². The Balaban J connectivity index is 1.76. The molecule has 7 nitrogen and oxygen atoms in total. The molecule has 29 heavy (non-hydrogen) atoms. The molecule has 1 heterocycles. The third kappa shape index (κ3) is 5.13. The van der Waals surface area contributed by atoms with Gasteiger partial charge in [0.1, 0.15) is 23.2 Å². The van der Waals surface area contributed by atoms with Crippen LogP contribution in [0.1, 0.15) is 32.2 Å². The molecule has 0 spiro atoms. The summed E-state index contributed by atoms with van der Waals surface area (Å²) in [5.41, 5.74) is 1.56. The predicted molar refractivity (Wildman–Crippen MR) is 106 cm³/mol. The van der Waals surface area contributed by atoms with Crippen LogP contribution in [0.4, 0.5) is 15.9 Å². The van der Waals surface area contributed by atoms with Gasteiger partial charge in [0.2, 0.25) is 0 Å². The number of rotatable bonds is 6. The van der Waals surface area contributed by atoms with E-state index < -0.39 is 11.9 Å². The van der Waals surface area contributed by atoms with E-state index in [1.807, 2.05) is 0 Å². The average Bonchev–Trinajstić information content (AvgIpc) is 2.73. The molecule has 8 heteroatoms. The van der Waals surface area contributed by atoms with Gasteiger partial charge in [0.05, 0.1) is 18.4 Å². The number of ether oxygens (including phenoxy) is 1. The molecule has 3 aromatic rings. The first-order chi connectivity index (χ1) is 14.0. The molecule has 3 rings (SSSR count). The molecule has 1 aromatic heterocycles. The lowest BCUT2D eigenvalue weighted by atomic mass is 10.1. The monoisotopic (exact) mass is 394 g/mol. The number of methoxy groups -OCH3 is 1. The van der Waals surface area contributed by atoms with E-state index in [9.17, 15) is 14.0 Å². The van der Waals surface area contributed by atoms with Gasteiger partial charge in [0, 0.05) is 12.6 Å². The molecule has 0 aliphatic heterocycles. The second kappa shape index (κ2) is 8.92. The maximum atomic E-state index is 13.0. The third-order valence-corrected chi connectivity index (χ3v) is 4.04. The van der Waals surface area contributed by atoms with Crippen LogP contribution in [-0.4, -0.2) is 29.0 Å². The van der Waals surface area contributed by atoms with Crippen molar-refractivity contribution in [3.63, 3.8) is 0 Å². The molecule has 2 N–H and O–H groups in total. The number of carbonyl (C=O) groups is 2. The van der Waals surface area contributed by atoms with E-state index in [4.69, 9.17) is 4.74 Å². The SMILES string of the molecule is COC(=O)c1ccccc1NC(=O)c1cc(NCc2ccc(F)cc2)nc(C)n1. The van der Waals surface area contributed by atoms with Crippen LogP contribution >= 0.6 is 0 Å². The van der Waals surface area contributed by atoms with Gasteiger partial charge in [-0.25, -0.2) is 19.2 Å². The smallest absolute Gasteiger partial charge is 0.339 e. The quantitative estimate of drug-likeness (QED) is 0.621.